The third-order valence-electron chi connectivity index (χ3n) is 3.25. The van der Waals surface area contributed by atoms with E-state index in [2.05, 4.69) is 17.1 Å². The summed E-state index contributed by atoms with van der Waals surface area (Å²) >= 11 is 0. The summed E-state index contributed by atoms with van der Waals surface area (Å²) in [6.45, 7) is 0. The number of hydrogen-bond donors (Lipinski definition) is 1. The van der Waals surface area contributed by atoms with Crippen LogP contribution in [0.2, 0.25) is 0 Å². The highest BCUT2D eigenvalue weighted by Gasteiger charge is 1.99. The van der Waals surface area contributed by atoms with Crippen LogP contribution in [0.15, 0.2) is 36.5 Å². The van der Waals surface area contributed by atoms with Crippen molar-refractivity contribution in [3.05, 3.63) is 42.1 Å². The molecule has 0 fully saturated rings. The zero-order chi connectivity index (χ0) is 13.5. The maximum Gasteiger partial charge on any atom is 0.303 e. The molecule has 0 radical (unpaired) electrons. The monoisotopic (exact) mass is 257 g/mol. The molecule has 2 aromatic rings. The summed E-state index contributed by atoms with van der Waals surface area (Å²) in [6, 6.07) is 10.3. The first-order valence-corrected chi connectivity index (χ1v) is 6.81. The molecule has 1 aromatic carbocycles. The number of rotatable bonds is 7. The lowest BCUT2D eigenvalue weighted by molar-refractivity contribution is -0.137. The highest BCUT2D eigenvalue weighted by Crippen LogP contribution is 2.15. The van der Waals surface area contributed by atoms with E-state index < -0.39 is 5.97 Å². The summed E-state index contributed by atoms with van der Waals surface area (Å²) in [5.74, 6) is -0.696. The van der Waals surface area contributed by atoms with E-state index in [0.717, 1.165) is 37.6 Å². The molecule has 0 aliphatic heterocycles. The molecule has 3 nitrogen and oxygen atoms in total. The lowest BCUT2D eigenvalue weighted by Crippen LogP contribution is -1.94. The van der Waals surface area contributed by atoms with Crippen LogP contribution in [-0.2, 0) is 11.2 Å². The molecule has 0 amide bonds. The number of carbonyl (C=O) groups is 1. The minimum atomic E-state index is -0.696. The van der Waals surface area contributed by atoms with Crippen LogP contribution in [0, 0.1) is 0 Å². The molecule has 1 heterocycles. The number of benzene rings is 1. The first-order valence-electron chi connectivity index (χ1n) is 6.81. The van der Waals surface area contributed by atoms with E-state index in [1.807, 2.05) is 24.4 Å². The summed E-state index contributed by atoms with van der Waals surface area (Å²) in [5, 5.41) is 9.73. The zero-order valence-electron chi connectivity index (χ0n) is 11.0. The topological polar surface area (TPSA) is 50.2 Å². The van der Waals surface area contributed by atoms with E-state index in [1.165, 1.54) is 10.9 Å². The fraction of sp³-hybridized carbons (Fsp3) is 0.375. The number of aryl methyl sites for hydroxylation is 1. The Morgan fingerprint density at radius 3 is 2.74 bits per heavy atom. The molecule has 1 N–H and O–H groups in total. The quantitative estimate of drug-likeness (QED) is 0.767. The van der Waals surface area contributed by atoms with Gasteiger partial charge in [-0.25, -0.2) is 0 Å². The average Bonchev–Trinajstić information content (AvgIpc) is 2.42. The fourth-order valence-electron chi connectivity index (χ4n) is 2.21. The zero-order valence-corrected chi connectivity index (χ0v) is 11.0. The summed E-state index contributed by atoms with van der Waals surface area (Å²) in [5.41, 5.74) is 2.30. The second-order valence-electron chi connectivity index (χ2n) is 4.84. The lowest BCUT2D eigenvalue weighted by atomic mass is 10.1. The van der Waals surface area contributed by atoms with E-state index in [1.54, 1.807) is 0 Å². The van der Waals surface area contributed by atoms with Crippen LogP contribution in [0.4, 0.5) is 0 Å². The van der Waals surface area contributed by atoms with Gasteiger partial charge in [0.25, 0.3) is 0 Å². The Labute approximate surface area is 113 Å². The molecule has 3 heteroatoms. The van der Waals surface area contributed by atoms with Gasteiger partial charge < -0.3 is 5.11 Å². The van der Waals surface area contributed by atoms with Gasteiger partial charge in [0.2, 0.25) is 0 Å². The second kappa shape index (κ2) is 6.88. The van der Waals surface area contributed by atoms with Gasteiger partial charge in [0, 0.05) is 18.0 Å². The molecule has 0 unspecified atom stereocenters. The maximum absolute atomic E-state index is 10.4. The van der Waals surface area contributed by atoms with Gasteiger partial charge in [-0.15, -0.1) is 0 Å². The van der Waals surface area contributed by atoms with Crippen molar-refractivity contribution in [2.75, 3.05) is 0 Å². The van der Waals surface area contributed by atoms with E-state index in [0.29, 0.717) is 0 Å². The van der Waals surface area contributed by atoms with E-state index >= 15 is 0 Å². The van der Waals surface area contributed by atoms with Crippen LogP contribution in [0.5, 0.6) is 0 Å². The van der Waals surface area contributed by atoms with Gasteiger partial charge in [0.15, 0.2) is 0 Å². The third-order valence-corrected chi connectivity index (χ3v) is 3.25. The van der Waals surface area contributed by atoms with Gasteiger partial charge in [-0.2, -0.15) is 0 Å². The van der Waals surface area contributed by atoms with Gasteiger partial charge in [-0.05, 0) is 37.0 Å². The number of unbranched alkanes of at least 4 members (excludes halogenated alkanes) is 3. The molecule has 0 saturated carbocycles. The number of aromatic nitrogens is 1. The number of aliphatic carboxylic acids is 1. The summed E-state index contributed by atoms with van der Waals surface area (Å²) < 4.78 is 0. The van der Waals surface area contributed by atoms with Gasteiger partial charge >= 0.3 is 5.97 Å². The van der Waals surface area contributed by atoms with Crippen molar-refractivity contribution < 1.29 is 9.90 Å². The molecule has 1 aromatic heterocycles. The first kappa shape index (κ1) is 13.5. The van der Waals surface area contributed by atoms with E-state index in [-0.39, 0.29) is 6.42 Å². The molecule has 0 aliphatic carbocycles. The van der Waals surface area contributed by atoms with Crippen LogP contribution < -0.4 is 0 Å². The molecule has 100 valence electrons. The average molecular weight is 257 g/mol. The van der Waals surface area contributed by atoms with E-state index in [9.17, 15) is 4.79 Å². The number of carboxylic acids is 1. The molecule has 0 bridgehead atoms. The first-order chi connectivity index (χ1) is 9.25. The summed E-state index contributed by atoms with van der Waals surface area (Å²) in [6.07, 6.45) is 7.21. The Morgan fingerprint density at radius 2 is 1.89 bits per heavy atom. The molecular formula is C16H19NO2. The number of fused-ring (bicyclic) bond motifs is 1. The van der Waals surface area contributed by atoms with Crippen molar-refractivity contribution >= 4 is 16.9 Å². The summed E-state index contributed by atoms with van der Waals surface area (Å²) in [4.78, 5) is 14.8. The Morgan fingerprint density at radius 1 is 1.11 bits per heavy atom. The molecule has 0 atom stereocenters. The van der Waals surface area contributed by atoms with Crippen LogP contribution in [0.3, 0.4) is 0 Å². The van der Waals surface area contributed by atoms with E-state index in [4.69, 9.17) is 5.11 Å². The lowest BCUT2D eigenvalue weighted by Gasteiger charge is -2.03. The van der Waals surface area contributed by atoms with Gasteiger partial charge in [-0.3, -0.25) is 9.78 Å². The molecule has 0 aliphatic rings. The van der Waals surface area contributed by atoms with Crippen LogP contribution in [-0.4, -0.2) is 16.1 Å². The van der Waals surface area contributed by atoms with Crippen LogP contribution in [0.1, 0.15) is 37.7 Å². The molecular weight excluding hydrogens is 238 g/mol. The predicted octanol–water partition coefficient (Wildman–Crippen LogP) is 3.81. The molecule has 2 rings (SSSR count). The predicted molar refractivity (Wildman–Crippen MR) is 76.2 cm³/mol. The minimum absolute atomic E-state index is 0.289. The second-order valence-corrected chi connectivity index (χ2v) is 4.84. The molecule has 19 heavy (non-hydrogen) atoms. The van der Waals surface area contributed by atoms with Crippen LogP contribution in [0.25, 0.3) is 10.9 Å². The third kappa shape index (κ3) is 4.36. The Kier molecular flexibility index (Phi) is 4.90. The molecule has 0 spiro atoms. The molecule has 0 saturated heterocycles. The van der Waals surface area contributed by atoms with Gasteiger partial charge in [-0.1, -0.05) is 31.0 Å². The number of hydrogen-bond acceptors (Lipinski definition) is 2. The maximum atomic E-state index is 10.4. The van der Waals surface area contributed by atoms with Crippen molar-refractivity contribution in [1.82, 2.24) is 4.98 Å². The van der Waals surface area contributed by atoms with Crippen molar-refractivity contribution in [2.45, 2.75) is 38.5 Å². The Hall–Kier alpha value is -1.90. The van der Waals surface area contributed by atoms with Crippen molar-refractivity contribution in [1.29, 1.82) is 0 Å². The standard InChI is InChI=1S/C16H19NO2/c18-16(19)10-4-2-1-3-7-13-11-14-8-5-6-9-15(14)17-12-13/h5-6,8-9,11-12H,1-4,7,10H2,(H,18,19). The highest BCUT2D eigenvalue weighted by atomic mass is 16.4. The van der Waals surface area contributed by atoms with Gasteiger partial charge in [0.05, 0.1) is 5.52 Å². The Balaban J connectivity index is 1.77. The fourth-order valence-corrected chi connectivity index (χ4v) is 2.21. The SMILES string of the molecule is O=C(O)CCCCCCc1cnc2ccccc2c1. The van der Waals surface area contributed by atoms with Crippen molar-refractivity contribution in [2.24, 2.45) is 0 Å². The van der Waals surface area contributed by atoms with Crippen molar-refractivity contribution in [3.8, 4) is 0 Å². The summed E-state index contributed by atoms with van der Waals surface area (Å²) in [7, 11) is 0. The largest absolute Gasteiger partial charge is 0.481 e. The number of para-hydroxylation sites is 1. The van der Waals surface area contributed by atoms with Crippen molar-refractivity contribution in [3.63, 3.8) is 0 Å². The number of nitrogens with zero attached hydrogens (tertiary/aromatic N) is 1. The number of carboxylic acid groups (broad SMARTS) is 1. The Bertz CT molecular complexity index is 551. The van der Waals surface area contributed by atoms with Gasteiger partial charge in [0.1, 0.15) is 0 Å². The normalized spacial score (nSPS) is 10.7. The smallest absolute Gasteiger partial charge is 0.303 e. The van der Waals surface area contributed by atoms with Crippen LogP contribution >= 0.6 is 0 Å². The highest BCUT2D eigenvalue weighted by molar-refractivity contribution is 5.78. The minimum Gasteiger partial charge on any atom is -0.481 e. The number of pyridine rings is 1.